The first-order valence-electron chi connectivity index (χ1n) is 10.8. The molecule has 0 amide bonds. The fourth-order valence-electron chi connectivity index (χ4n) is 4.26. The third-order valence-corrected chi connectivity index (χ3v) is 5.89. The highest BCUT2D eigenvalue weighted by atomic mass is 19.1. The van der Waals surface area contributed by atoms with E-state index in [1.165, 1.54) is 18.9 Å². The molecule has 0 aliphatic heterocycles. The Hall–Kier alpha value is -3.48. The van der Waals surface area contributed by atoms with E-state index in [1.54, 1.807) is 24.4 Å². The lowest BCUT2D eigenvalue weighted by atomic mass is 10.1. The Kier molecular flexibility index (Phi) is 6.35. The van der Waals surface area contributed by atoms with Gasteiger partial charge in [-0.3, -0.25) is 4.57 Å². The van der Waals surface area contributed by atoms with Gasteiger partial charge in [0.25, 0.3) is 0 Å². The molecule has 2 heterocycles. The van der Waals surface area contributed by atoms with Crippen molar-refractivity contribution in [1.29, 1.82) is 0 Å². The molecule has 0 spiro atoms. The second-order valence-corrected chi connectivity index (χ2v) is 8.03. The number of nitrogens with zero attached hydrogens (tertiary/aromatic N) is 4. The van der Waals surface area contributed by atoms with Gasteiger partial charge < -0.3 is 10.6 Å². The van der Waals surface area contributed by atoms with Gasteiger partial charge in [-0.25, -0.2) is 14.4 Å². The van der Waals surface area contributed by atoms with Crippen molar-refractivity contribution in [3.63, 3.8) is 0 Å². The van der Waals surface area contributed by atoms with E-state index in [0.29, 0.717) is 23.1 Å². The maximum Gasteiger partial charge on any atom is 0.225 e. The minimum absolute atomic E-state index is 0. The van der Waals surface area contributed by atoms with Gasteiger partial charge in [-0.1, -0.05) is 62.7 Å². The van der Waals surface area contributed by atoms with Crippen LogP contribution in [0.4, 0.5) is 22.0 Å². The van der Waals surface area contributed by atoms with Crippen LogP contribution in [0.5, 0.6) is 0 Å². The van der Waals surface area contributed by atoms with Gasteiger partial charge in [0.2, 0.25) is 11.9 Å². The van der Waals surface area contributed by atoms with E-state index < -0.39 is 0 Å². The molecule has 1 fully saturated rings. The summed E-state index contributed by atoms with van der Waals surface area (Å²) in [6.45, 7) is 2.09. The molecule has 0 unspecified atom stereocenters. The topological polar surface area (TPSA) is 67.7 Å². The fourth-order valence-corrected chi connectivity index (χ4v) is 4.26. The number of rotatable bonds is 6. The SMILES string of the molecule is C.C[C@H](Nc1ncc2nc(Nc3ccccc3F)n(C3CCCC3)c2n1)c1ccccc1. The second kappa shape index (κ2) is 9.34. The number of aromatic nitrogens is 4. The van der Waals surface area contributed by atoms with Gasteiger partial charge in [0, 0.05) is 6.04 Å². The van der Waals surface area contributed by atoms with Crippen LogP contribution in [-0.2, 0) is 0 Å². The first-order chi connectivity index (χ1) is 15.2. The first kappa shape index (κ1) is 21.7. The molecule has 1 aliphatic carbocycles. The van der Waals surface area contributed by atoms with Crippen LogP contribution in [0.25, 0.3) is 11.2 Å². The van der Waals surface area contributed by atoms with Crippen molar-refractivity contribution < 1.29 is 4.39 Å². The molecular weight excluding hydrogens is 403 g/mol. The molecule has 1 aliphatic rings. The minimum Gasteiger partial charge on any atom is -0.348 e. The molecular formula is C25H29FN6. The van der Waals surface area contributed by atoms with E-state index in [4.69, 9.17) is 9.97 Å². The summed E-state index contributed by atoms with van der Waals surface area (Å²) in [6.07, 6.45) is 6.20. The predicted octanol–water partition coefficient (Wildman–Crippen LogP) is 6.63. The Bertz CT molecular complexity index is 1180. The van der Waals surface area contributed by atoms with Crippen LogP contribution in [0, 0.1) is 5.82 Å². The normalized spacial score (nSPS) is 14.8. The predicted molar refractivity (Wildman–Crippen MR) is 128 cm³/mol. The van der Waals surface area contributed by atoms with Crippen molar-refractivity contribution in [2.75, 3.05) is 10.6 Å². The van der Waals surface area contributed by atoms with Gasteiger partial charge in [-0.2, -0.15) is 4.98 Å². The van der Waals surface area contributed by atoms with Crippen LogP contribution < -0.4 is 10.6 Å². The highest BCUT2D eigenvalue weighted by molar-refractivity contribution is 5.76. The van der Waals surface area contributed by atoms with Crippen molar-refractivity contribution in [2.24, 2.45) is 0 Å². The summed E-state index contributed by atoms with van der Waals surface area (Å²) < 4.78 is 16.4. The van der Waals surface area contributed by atoms with Crippen LogP contribution in [0.15, 0.2) is 60.8 Å². The second-order valence-electron chi connectivity index (χ2n) is 8.03. The summed E-state index contributed by atoms with van der Waals surface area (Å²) >= 11 is 0. The summed E-state index contributed by atoms with van der Waals surface area (Å²) in [4.78, 5) is 14.0. The van der Waals surface area contributed by atoms with Crippen LogP contribution in [-0.4, -0.2) is 19.5 Å². The Morgan fingerprint density at radius 3 is 2.47 bits per heavy atom. The number of hydrogen-bond acceptors (Lipinski definition) is 5. The number of para-hydroxylation sites is 1. The van der Waals surface area contributed by atoms with Crippen LogP contribution in [0.3, 0.4) is 0 Å². The highest BCUT2D eigenvalue weighted by Gasteiger charge is 2.24. The van der Waals surface area contributed by atoms with Gasteiger partial charge in [-0.05, 0) is 37.5 Å². The van der Waals surface area contributed by atoms with Gasteiger partial charge >= 0.3 is 0 Å². The molecule has 2 aromatic carbocycles. The molecule has 4 aromatic rings. The van der Waals surface area contributed by atoms with Crippen molar-refractivity contribution in [3.8, 4) is 0 Å². The van der Waals surface area contributed by atoms with Gasteiger partial charge in [0.15, 0.2) is 5.65 Å². The maximum atomic E-state index is 14.3. The summed E-state index contributed by atoms with van der Waals surface area (Å²) in [5, 5.41) is 6.57. The third kappa shape index (κ3) is 4.28. The number of anilines is 3. The zero-order chi connectivity index (χ0) is 21.2. The first-order valence-corrected chi connectivity index (χ1v) is 10.8. The Balaban J connectivity index is 0.00000245. The zero-order valence-corrected chi connectivity index (χ0v) is 17.4. The Morgan fingerprint density at radius 2 is 1.72 bits per heavy atom. The minimum atomic E-state index is -0.308. The molecule has 0 bridgehead atoms. The average Bonchev–Trinajstić information content (AvgIpc) is 3.43. The van der Waals surface area contributed by atoms with Crippen molar-refractivity contribution >= 4 is 28.7 Å². The van der Waals surface area contributed by atoms with Gasteiger partial charge in [0.05, 0.1) is 17.9 Å². The van der Waals surface area contributed by atoms with Gasteiger partial charge in [0.1, 0.15) is 11.3 Å². The molecule has 0 saturated heterocycles. The third-order valence-electron chi connectivity index (χ3n) is 5.89. The lowest BCUT2D eigenvalue weighted by molar-refractivity contribution is 0.535. The van der Waals surface area contributed by atoms with Crippen molar-refractivity contribution in [2.45, 2.75) is 52.1 Å². The number of nitrogens with one attached hydrogen (secondary N) is 2. The molecule has 2 N–H and O–H groups in total. The Morgan fingerprint density at radius 1 is 1.00 bits per heavy atom. The number of fused-ring (bicyclic) bond motifs is 1. The van der Waals surface area contributed by atoms with E-state index in [2.05, 4.69) is 39.2 Å². The highest BCUT2D eigenvalue weighted by Crippen LogP contribution is 2.36. The molecule has 6 nitrogen and oxygen atoms in total. The number of imidazole rings is 1. The Labute approximate surface area is 187 Å². The van der Waals surface area contributed by atoms with Crippen molar-refractivity contribution in [3.05, 3.63) is 72.2 Å². The molecule has 1 saturated carbocycles. The summed E-state index contributed by atoms with van der Waals surface area (Å²) in [6, 6.07) is 17.2. The van der Waals surface area contributed by atoms with E-state index in [-0.39, 0.29) is 25.3 Å². The number of benzene rings is 2. The van der Waals surface area contributed by atoms with Crippen LogP contribution in [0.2, 0.25) is 0 Å². The summed E-state index contributed by atoms with van der Waals surface area (Å²) in [5.41, 5.74) is 3.03. The number of hydrogen-bond donors (Lipinski definition) is 2. The fraction of sp³-hybridized carbons (Fsp3) is 0.320. The molecule has 0 radical (unpaired) electrons. The molecule has 5 rings (SSSR count). The largest absolute Gasteiger partial charge is 0.348 e. The van der Waals surface area contributed by atoms with Crippen molar-refractivity contribution in [1.82, 2.24) is 19.5 Å². The monoisotopic (exact) mass is 432 g/mol. The van der Waals surface area contributed by atoms with E-state index in [1.807, 2.05) is 18.2 Å². The maximum absolute atomic E-state index is 14.3. The van der Waals surface area contributed by atoms with E-state index in [0.717, 1.165) is 24.1 Å². The van der Waals surface area contributed by atoms with Crippen LogP contribution in [0.1, 0.15) is 57.7 Å². The number of halogens is 1. The zero-order valence-electron chi connectivity index (χ0n) is 17.4. The summed E-state index contributed by atoms with van der Waals surface area (Å²) in [5.74, 6) is 0.854. The lowest BCUT2D eigenvalue weighted by Crippen LogP contribution is -2.12. The smallest absolute Gasteiger partial charge is 0.225 e. The van der Waals surface area contributed by atoms with Gasteiger partial charge in [-0.15, -0.1) is 0 Å². The van der Waals surface area contributed by atoms with E-state index >= 15 is 0 Å². The quantitative estimate of drug-likeness (QED) is 0.358. The molecule has 32 heavy (non-hydrogen) atoms. The molecule has 1 atom stereocenters. The molecule has 7 heteroatoms. The lowest BCUT2D eigenvalue weighted by Gasteiger charge is -2.17. The standard InChI is InChI=1S/C24H25FN6.CH4/c1-16(17-9-3-2-4-10-17)27-23-26-15-21-22(30-23)31(18-11-5-6-12-18)24(29-21)28-20-14-8-7-13-19(20)25;/h2-4,7-10,13-16,18H,5-6,11-12H2,1H3,(H,28,29)(H,26,27,30);1H4/t16-;/m0./s1. The summed E-state index contributed by atoms with van der Waals surface area (Å²) in [7, 11) is 0. The van der Waals surface area contributed by atoms with Crippen LogP contribution >= 0.6 is 0 Å². The molecule has 166 valence electrons. The van der Waals surface area contributed by atoms with E-state index in [9.17, 15) is 4.39 Å². The average molecular weight is 433 g/mol. The molecule has 2 aromatic heterocycles.